The summed E-state index contributed by atoms with van der Waals surface area (Å²) in [5, 5.41) is 9.36. The Morgan fingerprint density at radius 1 is 1.00 bits per heavy atom. The topological polar surface area (TPSA) is 97.8 Å². The Bertz CT molecular complexity index is 1770. The number of carboxylic acid groups (broad SMARTS) is 1. The molecule has 0 radical (unpaired) electrons. The number of thiocarbonyl (C=S) groups is 1. The van der Waals surface area contributed by atoms with Gasteiger partial charge in [0, 0.05) is 42.3 Å². The first-order valence-corrected chi connectivity index (χ1v) is 17.3. The van der Waals surface area contributed by atoms with Crippen LogP contribution in [0.4, 0.5) is 13.2 Å². The SMILES string of the molecule is COc1cc(C(=O)O)ccc1OCCCN1C(=O)/C(=C/c2cc(-c3cc(C(F)(F)F)ccc3Cl)ccc2OCCCN2CCOCC2)SC1=S. The van der Waals surface area contributed by atoms with Gasteiger partial charge < -0.3 is 24.1 Å². The minimum atomic E-state index is -4.55. The second-order valence-corrected chi connectivity index (χ2v) is 13.4. The second kappa shape index (κ2) is 16.9. The summed E-state index contributed by atoms with van der Waals surface area (Å²) in [6.45, 7) is 4.72. The first-order valence-electron chi connectivity index (χ1n) is 15.7. The van der Waals surface area contributed by atoms with Crippen LogP contribution < -0.4 is 14.2 Å². The fourth-order valence-corrected chi connectivity index (χ4v) is 6.86. The number of hydrogen-bond acceptors (Lipinski definition) is 9. The Labute approximate surface area is 301 Å². The lowest BCUT2D eigenvalue weighted by Gasteiger charge is -2.26. The van der Waals surface area contributed by atoms with E-state index in [9.17, 15) is 27.9 Å². The normalized spacial score (nSPS) is 16.3. The van der Waals surface area contributed by atoms with Crippen molar-refractivity contribution in [3.05, 3.63) is 81.2 Å². The van der Waals surface area contributed by atoms with Gasteiger partial charge in [-0.15, -0.1) is 0 Å². The van der Waals surface area contributed by atoms with Gasteiger partial charge in [-0.1, -0.05) is 41.6 Å². The van der Waals surface area contributed by atoms with Gasteiger partial charge in [-0.2, -0.15) is 13.2 Å². The van der Waals surface area contributed by atoms with Crippen molar-refractivity contribution in [3.63, 3.8) is 0 Å². The van der Waals surface area contributed by atoms with E-state index in [1.807, 2.05) is 0 Å². The highest BCUT2D eigenvalue weighted by Gasteiger charge is 2.33. The van der Waals surface area contributed by atoms with E-state index in [0.717, 1.165) is 49.9 Å². The predicted octanol–water partition coefficient (Wildman–Crippen LogP) is 7.50. The molecule has 0 aromatic heterocycles. The molecule has 2 saturated heterocycles. The minimum absolute atomic E-state index is 0.0589. The number of hydrogen-bond donors (Lipinski definition) is 1. The largest absolute Gasteiger partial charge is 0.493 e. The molecule has 0 bridgehead atoms. The van der Waals surface area contributed by atoms with E-state index in [1.54, 1.807) is 24.3 Å². The van der Waals surface area contributed by atoms with Crippen molar-refractivity contribution in [3.8, 4) is 28.4 Å². The van der Waals surface area contributed by atoms with Gasteiger partial charge in [0.25, 0.3) is 5.91 Å². The monoisotopic (exact) mass is 750 g/mol. The van der Waals surface area contributed by atoms with Crippen LogP contribution in [0.1, 0.15) is 34.3 Å². The quantitative estimate of drug-likeness (QED) is 0.101. The molecular formula is C35H34ClF3N2O7S2. The van der Waals surface area contributed by atoms with E-state index in [4.69, 9.17) is 42.8 Å². The molecule has 2 aliphatic heterocycles. The smallest absolute Gasteiger partial charge is 0.416 e. The average Bonchev–Trinajstić information content (AvgIpc) is 3.36. The Kier molecular flexibility index (Phi) is 12.7. The summed E-state index contributed by atoms with van der Waals surface area (Å²) in [7, 11) is 1.41. The lowest BCUT2D eigenvalue weighted by Crippen LogP contribution is -2.37. The van der Waals surface area contributed by atoms with Crippen molar-refractivity contribution < 1.29 is 46.8 Å². The average molecular weight is 751 g/mol. The lowest BCUT2D eigenvalue weighted by atomic mass is 9.99. The van der Waals surface area contributed by atoms with Crippen LogP contribution in [-0.2, 0) is 15.7 Å². The number of rotatable bonds is 14. The fourth-order valence-electron chi connectivity index (χ4n) is 5.34. The highest BCUT2D eigenvalue weighted by molar-refractivity contribution is 8.26. The zero-order valence-corrected chi connectivity index (χ0v) is 29.4. The number of morpholine rings is 1. The Morgan fingerprint density at radius 3 is 2.40 bits per heavy atom. The number of thioether (sulfide) groups is 1. The minimum Gasteiger partial charge on any atom is -0.493 e. The number of aromatic carboxylic acids is 1. The number of benzene rings is 3. The molecule has 0 unspecified atom stereocenters. The molecule has 1 N–H and O–H groups in total. The van der Waals surface area contributed by atoms with Crippen molar-refractivity contribution in [1.29, 1.82) is 0 Å². The van der Waals surface area contributed by atoms with Gasteiger partial charge in [0.2, 0.25) is 0 Å². The van der Waals surface area contributed by atoms with Gasteiger partial charge >= 0.3 is 12.1 Å². The van der Waals surface area contributed by atoms with Gasteiger partial charge in [0.1, 0.15) is 10.1 Å². The maximum atomic E-state index is 13.6. The third-order valence-electron chi connectivity index (χ3n) is 7.95. The fraction of sp³-hybridized carbons (Fsp3) is 0.343. The van der Waals surface area contributed by atoms with E-state index in [2.05, 4.69) is 4.90 Å². The predicted molar refractivity (Wildman–Crippen MR) is 189 cm³/mol. The van der Waals surface area contributed by atoms with Crippen LogP contribution in [0.3, 0.4) is 0 Å². The Morgan fingerprint density at radius 2 is 1.70 bits per heavy atom. The van der Waals surface area contributed by atoms with Crippen LogP contribution >= 0.6 is 35.6 Å². The maximum absolute atomic E-state index is 13.6. The molecule has 50 heavy (non-hydrogen) atoms. The molecule has 15 heteroatoms. The molecule has 1 amide bonds. The summed E-state index contributed by atoms with van der Waals surface area (Å²) in [6.07, 6.45) is -1.78. The second-order valence-electron chi connectivity index (χ2n) is 11.3. The number of carbonyl (C=O) groups is 2. The molecule has 5 rings (SSSR count). The van der Waals surface area contributed by atoms with Crippen LogP contribution in [0, 0.1) is 0 Å². The molecule has 0 saturated carbocycles. The number of nitrogens with zero attached hydrogens (tertiary/aromatic N) is 2. The van der Waals surface area contributed by atoms with Crippen molar-refractivity contribution >= 4 is 57.9 Å². The number of carbonyl (C=O) groups excluding carboxylic acids is 1. The van der Waals surface area contributed by atoms with Crippen LogP contribution in [0.15, 0.2) is 59.5 Å². The number of ether oxygens (including phenoxy) is 4. The maximum Gasteiger partial charge on any atom is 0.416 e. The molecule has 0 aliphatic carbocycles. The molecule has 2 aliphatic rings. The standard InChI is InChI=1S/C35H34ClF3N2O7S2/c1-45-30-19-23(33(43)44)5-9-29(30)48-15-3-11-41-32(42)31(50-34(41)49)20-24-18-22(26-21-25(35(37,38)39)6-7-27(26)36)4-8-28(24)47-14-2-10-40-12-16-46-17-13-40/h4-9,18-21H,2-3,10-17H2,1H3,(H,43,44)/b31-20-. The molecule has 2 heterocycles. The highest BCUT2D eigenvalue weighted by atomic mass is 35.5. The molecule has 2 fully saturated rings. The van der Waals surface area contributed by atoms with E-state index >= 15 is 0 Å². The third-order valence-corrected chi connectivity index (χ3v) is 9.66. The zero-order valence-electron chi connectivity index (χ0n) is 27.0. The van der Waals surface area contributed by atoms with Gasteiger partial charge in [-0.05, 0) is 73.0 Å². The van der Waals surface area contributed by atoms with Gasteiger partial charge in [0.05, 0.1) is 49.6 Å². The number of carboxylic acids is 1. The summed E-state index contributed by atoms with van der Waals surface area (Å²) >= 11 is 13.0. The lowest BCUT2D eigenvalue weighted by molar-refractivity contribution is -0.137. The first kappa shape index (κ1) is 37.4. The first-order chi connectivity index (χ1) is 23.9. The molecule has 266 valence electrons. The molecular weight excluding hydrogens is 717 g/mol. The zero-order chi connectivity index (χ0) is 35.8. The summed E-state index contributed by atoms with van der Waals surface area (Å²) in [6, 6.07) is 12.4. The van der Waals surface area contributed by atoms with E-state index < -0.39 is 17.7 Å². The molecule has 3 aromatic rings. The van der Waals surface area contributed by atoms with Crippen molar-refractivity contribution in [1.82, 2.24) is 9.80 Å². The molecule has 0 atom stereocenters. The summed E-state index contributed by atoms with van der Waals surface area (Å²) in [5.41, 5.74) is 0.332. The van der Waals surface area contributed by atoms with Crippen LogP contribution in [-0.4, -0.2) is 90.8 Å². The van der Waals surface area contributed by atoms with E-state index in [1.165, 1.54) is 36.3 Å². The van der Waals surface area contributed by atoms with Crippen molar-refractivity contribution in [2.75, 3.05) is 59.7 Å². The van der Waals surface area contributed by atoms with Gasteiger partial charge in [-0.25, -0.2) is 4.79 Å². The van der Waals surface area contributed by atoms with Gasteiger partial charge in [-0.3, -0.25) is 14.6 Å². The van der Waals surface area contributed by atoms with Crippen molar-refractivity contribution in [2.24, 2.45) is 0 Å². The highest BCUT2D eigenvalue weighted by Crippen LogP contribution is 2.39. The number of halogens is 4. The molecule has 3 aromatic carbocycles. The van der Waals surface area contributed by atoms with Crippen LogP contribution in [0.2, 0.25) is 5.02 Å². The van der Waals surface area contributed by atoms with E-state index in [-0.39, 0.29) is 41.0 Å². The molecule has 9 nitrogen and oxygen atoms in total. The third kappa shape index (κ3) is 9.49. The van der Waals surface area contributed by atoms with Gasteiger partial charge in [0.15, 0.2) is 11.5 Å². The number of alkyl halides is 3. The van der Waals surface area contributed by atoms with E-state index in [0.29, 0.717) is 58.1 Å². The summed E-state index contributed by atoms with van der Waals surface area (Å²) < 4.78 is 63.6. The summed E-state index contributed by atoms with van der Waals surface area (Å²) in [5.74, 6) is -0.331. The Hall–Kier alpha value is -3.82. The van der Waals surface area contributed by atoms with Crippen LogP contribution in [0.5, 0.6) is 17.2 Å². The number of amides is 1. The molecule has 0 spiro atoms. The van der Waals surface area contributed by atoms with Crippen molar-refractivity contribution in [2.45, 2.75) is 19.0 Å². The Balaban J connectivity index is 1.31. The summed E-state index contributed by atoms with van der Waals surface area (Å²) in [4.78, 5) is 28.9. The van der Waals surface area contributed by atoms with Crippen LogP contribution in [0.25, 0.3) is 17.2 Å². The number of methoxy groups -OCH3 is 1.